The van der Waals surface area contributed by atoms with Gasteiger partial charge in [-0.15, -0.1) is 0 Å². The minimum atomic E-state index is -3.43. The standard InChI is InChI=1S/C12H19ClN2O2S/c1-3-14-7-4-8-15-18(16,17)12-6-5-11(13)9-10(12)2/h5-6,9,14-15H,3-4,7-8H2,1-2H3. The van der Waals surface area contributed by atoms with Crippen LogP contribution in [0.2, 0.25) is 5.02 Å². The van der Waals surface area contributed by atoms with Gasteiger partial charge in [0.05, 0.1) is 4.90 Å². The van der Waals surface area contributed by atoms with Gasteiger partial charge in [-0.25, -0.2) is 13.1 Å². The molecule has 0 aromatic heterocycles. The van der Waals surface area contributed by atoms with Crippen molar-refractivity contribution < 1.29 is 8.42 Å². The highest BCUT2D eigenvalue weighted by atomic mass is 35.5. The summed E-state index contributed by atoms with van der Waals surface area (Å²) >= 11 is 5.81. The zero-order valence-corrected chi connectivity index (χ0v) is 12.2. The fourth-order valence-corrected chi connectivity index (χ4v) is 3.11. The first-order chi connectivity index (χ1) is 8.47. The van der Waals surface area contributed by atoms with Crippen molar-refractivity contribution in [3.05, 3.63) is 28.8 Å². The molecule has 0 fully saturated rings. The maximum absolute atomic E-state index is 12.0. The predicted octanol–water partition coefficient (Wildman–Crippen LogP) is 1.93. The van der Waals surface area contributed by atoms with Crippen LogP contribution < -0.4 is 10.0 Å². The maximum Gasteiger partial charge on any atom is 0.240 e. The minimum absolute atomic E-state index is 0.287. The molecule has 4 nitrogen and oxygen atoms in total. The van der Waals surface area contributed by atoms with Gasteiger partial charge >= 0.3 is 0 Å². The molecule has 0 radical (unpaired) electrons. The Morgan fingerprint density at radius 1 is 1.28 bits per heavy atom. The van der Waals surface area contributed by atoms with E-state index in [1.54, 1.807) is 19.1 Å². The highest BCUT2D eigenvalue weighted by molar-refractivity contribution is 7.89. The van der Waals surface area contributed by atoms with Crippen LogP contribution in [0.4, 0.5) is 0 Å². The molecule has 0 saturated carbocycles. The molecule has 0 bridgehead atoms. The SMILES string of the molecule is CCNCCCNS(=O)(=O)c1ccc(Cl)cc1C. The van der Waals surface area contributed by atoms with Crippen molar-refractivity contribution in [2.24, 2.45) is 0 Å². The molecule has 0 atom stereocenters. The van der Waals surface area contributed by atoms with Crippen molar-refractivity contribution in [2.75, 3.05) is 19.6 Å². The summed E-state index contributed by atoms with van der Waals surface area (Å²) in [5, 5.41) is 3.68. The molecule has 18 heavy (non-hydrogen) atoms. The first kappa shape index (κ1) is 15.4. The minimum Gasteiger partial charge on any atom is -0.317 e. The van der Waals surface area contributed by atoms with Gasteiger partial charge < -0.3 is 5.32 Å². The van der Waals surface area contributed by atoms with E-state index in [4.69, 9.17) is 11.6 Å². The fourth-order valence-electron chi connectivity index (χ4n) is 1.59. The molecule has 6 heteroatoms. The van der Waals surface area contributed by atoms with Crippen LogP contribution in [0.5, 0.6) is 0 Å². The number of nitrogens with one attached hydrogen (secondary N) is 2. The van der Waals surface area contributed by atoms with E-state index in [9.17, 15) is 8.42 Å². The van der Waals surface area contributed by atoms with Crippen molar-refractivity contribution in [2.45, 2.75) is 25.2 Å². The second-order valence-corrected chi connectivity index (χ2v) is 6.19. The molecule has 102 valence electrons. The molecule has 0 aliphatic rings. The fraction of sp³-hybridized carbons (Fsp3) is 0.500. The van der Waals surface area contributed by atoms with Crippen LogP contribution >= 0.6 is 11.6 Å². The van der Waals surface area contributed by atoms with Crippen LogP contribution in [0.3, 0.4) is 0 Å². The number of aryl methyl sites for hydroxylation is 1. The number of rotatable bonds is 7. The number of benzene rings is 1. The quantitative estimate of drug-likeness (QED) is 0.755. The number of sulfonamides is 1. The summed E-state index contributed by atoms with van der Waals surface area (Å²) in [4.78, 5) is 0.287. The Bertz CT molecular complexity index is 489. The number of hydrogen-bond acceptors (Lipinski definition) is 3. The molecule has 1 aromatic rings. The molecule has 0 amide bonds. The van der Waals surface area contributed by atoms with Crippen LogP contribution in [0, 0.1) is 6.92 Å². The molecule has 0 unspecified atom stereocenters. The van der Waals surface area contributed by atoms with Crippen molar-refractivity contribution in [1.82, 2.24) is 10.0 Å². The Labute approximate surface area is 114 Å². The van der Waals surface area contributed by atoms with Gasteiger partial charge in [0.25, 0.3) is 0 Å². The van der Waals surface area contributed by atoms with Gasteiger partial charge in [0, 0.05) is 11.6 Å². The predicted molar refractivity (Wildman–Crippen MR) is 74.5 cm³/mol. The third kappa shape index (κ3) is 4.57. The summed E-state index contributed by atoms with van der Waals surface area (Å²) in [6, 6.07) is 4.76. The van der Waals surface area contributed by atoms with Gasteiger partial charge in [-0.2, -0.15) is 0 Å². The zero-order valence-electron chi connectivity index (χ0n) is 10.7. The Morgan fingerprint density at radius 2 is 2.00 bits per heavy atom. The Hall–Kier alpha value is -0.620. The second kappa shape index (κ2) is 7.09. The zero-order chi connectivity index (χ0) is 13.6. The maximum atomic E-state index is 12.0. The highest BCUT2D eigenvalue weighted by Crippen LogP contribution is 2.19. The van der Waals surface area contributed by atoms with Crippen molar-refractivity contribution >= 4 is 21.6 Å². The molecule has 1 aromatic carbocycles. The Morgan fingerprint density at radius 3 is 2.61 bits per heavy atom. The van der Waals surface area contributed by atoms with Crippen LogP contribution in [0.1, 0.15) is 18.9 Å². The first-order valence-corrected chi connectivity index (χ1v) is 7.80. The van der Waals surface area contributed by atoms with Gasteiger partial charge in [0.1, 0.15) is 0 Å². The second-order valence-electron chi connectivity index (χ2n) is 4.01. The lowest BCUT2D eigenvalue weighted by Gasteiger charge is -2.09. The van der Waals surface area contributed by atoms with E-state index in [0.717, 1.165) is 19.5 Å². The van der Waals surface area contributed by atoms with Crippen LogP contribution in [0.15, 0.2) is 23.1 Å². The van der Waals surface area contributed by atoms with Crippen molar-refractivity contribution in [3.8, 4) is 0 Å². The smallest absolute Gasteiger partial charge is 0.240 e. The number of halogens is 1. The lowest BCUT2D eigenvalue weighted by molar-refractivity contribution is 0.574. The third-order valence-electron chi connectivity index (χ3n) is 2.50. The van der Waals surface area contributed by atoms with Crippen molar-refractivity contribution in [3.63, 3.8) is 0 Å². The number of hydrogen-bond donors (Lipinski definition) is 2. The summed E-state index contributed by atoms with van der Waals surface area (Å²) in [7, 11) is -3.43. The Balaban J connectivity index is 2.63. The average Bonchev–Trinajstić information content (AvgIpc) is 2.28. The van der Waals surface area contributed by atoms with Gasteiger partial charge in [-0.05, 0) is 50.2 Å². The molecule has 0 aliphatic carbocycles. The van der Waals surface area contributed by atoms with E-state index in [1.165, 1.54) is 6.07 Å². The summed E-state index contributed by atoms with van der Waals surface area (Å²) in [6.45, 7) is 5.87. The lowest BCUT2D eigenvalue weighted by Crippen LogP contribution is -2.28. The summed E-state index contributed by atoms with van der Waals surface area (Å²) in [5.41, 5.74) is 0.654. The van der Waals surface area contributed by atoms with E-state index in [2.05, 4.69) is 10.0 Å². The molecular formula is C12H19ClN2O2S. The molecular weight excluding hydrogens is 272 g/mol. The van der Waals surface area contributed by atoms with E-state index in [1.807, 2.05) is 6.92 Å². The molecule has 1 rings (SSSR count). The molecule has 0 aliphatic heterocycles. The van der Waals surface area contributed by atoms with Crippen LogP contribution in [-0.4, -0.2) is 28.1 Å². The van der Waals surface area contributed by atoms with Gasteiger partial charge in [-0.1, -0.05) is 18.5 Å². The largest absolute Gasteiger partial charge is 0.317 e. The van der Waals surface area contributed by atoms with Crippen molar-refractivity contribution in [1.29, 1.82) is 0 Å². The van der Waals surface area contributed by atoms with Crippen LogP contribution in [-0.2, 0) is 10.0 Å². The third-order valence-corrected chi connectivity index (χ3v) is 4.36. The average molecular weight is 291 g/mol. The lowest BCUT2D eigenvalue weighted by atomic mass is 10.2. The first-order valence-electron chi connectivity index (χ1n) is 5.94. The topological polar surface area (TPSA) is 58.2 Å². The monoisotopic (exact) mass is 290 g/mol. The molecule has 0 saturated heterocycles. The van der Waals surface area contributed by atoms with Crippen LogP contribution in [0.25, 0.3) is 0 Å². The van der Waals surface area contributed by atoms with E-state index in [0.29, 0.717) is 17.1 Å². The summed E-state index contributed by atoms with van der Waals surface area (Å²) in [5.74, 6) is 0. The molecule has 2 N–H and O–H groups in total. The van der Waals surface area contributed by atoms with Gasteiger partial charge in [-0.3, -0.25) is 0 Å². The van der Waals surface area contributed by atoms with Gasteiger partial charge in [0.15, 0.2) is 0 Å². The van der Waals surface area contributed by atoms with E-state index >= 15 is 0 Å². The molecule has 0 spiro atoms. The highest BCUT2D eigenvalue weighted by Gasteiger charge is 2.15. The van der Waals surface area contributed by atoms with E-state index < -0.39 is 10.0 Å². The van der Waals surface area contributed by atoms with E-state index in [-0.39, 0.29) is 4.90 Å². The normalized spacial score (nSPS) is 11.7. The summed E-state index contributed by atoms with van der Waals surface area (Å²) in [6.07, 6.45) is 0.764. The van der Waals surface area contributed by atoms with Gasteiger partial charge in [0.2, 0.25) is 10.0 Å². The summed E-state index contributed by atoms with van der Waals surface area (Å²) < 4.78 is 26.6. The molecule has 0 heterocycles. The Kier molecular flexibility index (Phi) is 6.08.